The molecule has 0 saturated carbocycles. The Morgan fingerprint density at radius 3 is 2.65 bits per heavy atom. The van der Waals surface area contributed by atoms with Crippen molar-refractivity contribution in [2.45, 2.75) is 19.3 Å². The highest BCUT2D eigenvalue weighted by atomic mass is 16.6. The number of cyclic esters (lactones) is 1. The number of benzene rings is 1. The Morgan fingerprint density at radius 2 is 2.12 bits per heavy atom. The maximum atomic E-state index is 11.4. The molecule has 1 unspecified atom stereocenters. The van der Waals surface area contributed by atoms with E-state index >= 15 is 0 Å². The molecule has 0 N–H and O–H groups in total. The van der Waals surface area contributed by atoms with Gasteiger partial charge in [-0.25, -0.2) is 4.79 Å². The number of nitrogens with zero attached hydrogens (tertiary/aromatic N) is 1. The van der Waals surface area contributed by atoms with Crippen LogP contribution < -0.4 is 4.90 Å². The molecular formula is C13H15NO3. The van der Waals surface area contributed by atoms with Crippen LogP contribution >= 0.6 is 0 Å². The van der Waals surface area contributed by atoms with Crippen LogP contribution in [0.25, 0.3) is 0 Å². The normalized spacial score (nSPS) is 16.8. The van der Waals surface area contributed by atoms with E-state index in [2.05, 4.69) is 0 Å². The van der Waals surface area contributed by atoms with Gasteiger partial charge in [-0.3, -0.25) is 4.90 Å². The van der Waals surface area contributed by atoms with Crippen molar-refractivity contribution in [3.63, 3.8) is 0 Å². The molecule has 1 saturated heterocycles. The summed E-state index contributed by atoms with van der Waals surface area (Å²) < 4.78 is 4.88. The number of carbonyl (C=O) groups is 2. The van der Waals surface area contributed by atoms with E-state index in [-0.39, 0.29) is 12.0 Å². The Balaban J connectivity index is 2.12. The molecule has 0 spiro atoms. The van der Waals surface area contributed by atoms with Gasteiger partial charge in [0.1, 0.15) is 12.9 Å². The van der Waals surface area contributed by atoms with Crippen LogP contribution in [0, 0.1) is 0 Å². The van der Waals surface area contributed by atoms with E-state index in [4.69, 9.17) is 4.74 Å². The topological polar surface area (TPSA) is 46.6 Å². The third-order valence-electron chi connectivity index (χ3n) is 2.98. The van der Waals surface area contributed by atoms with Gasteiger partial charge in [0, 0.05) is 12.1 Å². The summed E-state index contributed by atoms with van der Waals surface area (Å²) in [7, 11) is 0. The van der Waals surface area contributed by atoms with Crippen LogP contribution in [-0.2, 0) is 9.53 Å². The summed E-state index contributed by atoms with van der Waals surface area (Å²) in [6.07, 6.45) is 1.15. The number of amides is 1. The first-order valence-electron chi connectivity index (χ1n) is 5.70. The first kappa shape index (κ1) is 11.6. The second kappa shape index (κ2) is 4.99. The fourth-order valence-corrected chi connectivity index (χ4v) is 1.89. The zero-order valence-electron chi connectivity index (χ0n) is 9.76. The lowest BCUT2D eigenvalue weighted by Gasteiger charge is -2.14. The molecule has 1 amide bonds. The van der Waals surface area contributed by atoms with Crippen molar-refractivity contribution in [2.24, 2.45) is 0 Å². The highest BCUT2D eigenvalue weighted by Gasteiger charge is 2.23. The van der Waals surface area contributed by atoms with Crippen LogP contribution in [0.4, 0.5) is 10.5 Å². The highest BCUT2D eigenvalue weighted by molar-refractivity contribution is 5.89. The van der Waals surface area contributed by atoms with Crippen molar-refractivity contribution in [1.82, 2.24) is 0 Å². The number of ether oxygens (including phenoxy) is 1. The van der Waals surface area contributed by atoms with Crippen molar-refractivity contribution in [3.05, 3.63) is 29.8 Å². The average molecular weight is 233 g/mol. The van der Waals surface area contributed by atoms with E-state index in [0.29, 0.717) is 19.6 Å². The second-order valence-electron chi connectivity index (χ2n) is 4.16. The SMILES string of the molecule is CC(CC=O)c1ccc(N2CCOC2=O)cc1. The molecule has 1 aromatic carbocycles. The highest BCUT2D eigenvalue weighted by Crippen LogP contribution is 2.23. The summed E-state index contributed by atoms with van der Waals surface area (Å²) in [5, 5.41) is 0. The average Bonchev–Trinajstić information content (AvgIpc) is 2.76. The van der Waals surface area contributed by atoms with Gasteiger partial charge in [-0.15, -0.1) is 0 Å². The molecule has 1 heterocycles. The zero-order chi connectivity index (χ0) is 12.3. The molecule has 17 heavy (non-hydrogen) atoms. The quantitative estimate of drug-likeness (QED) is 0.750. The standard InChI is InChI=1S/C13H15NO3/c1-10(6-8-15)11-2-4-12(5-3-11)14-7-9-17-13(14)16/h2-5,8,10H,6-7,9H2,1H3. The van der Waals surface area contributed by atoms with Crippen molar-refractivity contribution in [2.75, 3.05) is 18.1 Å². The number of carbonyl (C=O) groups excluding carboxylic acids is 2. The van der Waals surface area contributed by atoms with Gasteiger partial charge in [-0.1, -0.05) is 19.1 Å². The fourth-order valence-electron chi connectivity index (χ4n) is 1.89. The minimum absolute atomic E-state index is 0.215. The van der Waals surface area contributed by atoms with Gasteiger partial charge in [0.05, 0.1) is 6.54 Å². The van der Waals surface area contributed by atoms with E-state index < -0.39 is 0 Å². The smallest absolute Gasteiger partial charge is 0.414 e. The summed E-state index contributed by atoms with van der Waals surface area (Å²) in [5.74, 6) is 0.215. The first-order chi connectivity index (χ1) is 8.22. The summed E-state index contributed by atoms with van der Waals surface area (Å²) in [4.78, 5) is 23.4. The number of rotatable bonds is 4. The Hall–Kier alpha value is -1.84. The van der Waals surface area contributed by atoms with Crippen LogP contribution in [-0.4, -0.2) is 25.5 Å². The van der Waals surface area contributed by atoms with E-state index in [1.165, 1.54) is 0 Å². The molecule has 4 nitrogen and oxygen atoms in total. The molecule has 0 radical (unpaired) electrons. The third kappa shape index (κ3) is 2.46. The van der Waals surface area contributed by atoms with Gasteiger partial charge < -0.3 is 9.53 Å². The molecular weight excluding hydrogens is 218 g/mol. The van der Waals surface area contributed by atoms with Crippen LogP contribution in [0.2, 0.25) is 0 Å². The van der Waals surface area contributed by atoms with Gasteiger partial charge >= 0.3 is 6.09 Å². The number of hydrogen-bond acceptors (Lipinski definition) is 3. The molecule has 0 aromatic heterocycles. The summed E-state index contributed by atoms with van der Waals surface area (Å²) in [5.41, 5.74) is 1.95. The van der Waals surface area contributed by atoms with Crippen molar-refractivity contribution >= 4 is 18.1 Å². The largest absolute Gasteiger partial charge is 0.447 e. The molecule has 2 rings (SSSR count). The maximum Gasteiger partial charge on any atom is 0.414 e. The fraction of sp³-hybridized carbons (Fsp3) is 0.385. The molecule has 4 heteroatoms. The van der Waals surface area contributed by atoms with E-state index in [0.717, 1.165) is 17.5 Å². The first-order valence-corrected chi connectivity index (χ1v) is 5.70. The predicted octanol–water partition coefficient (Wildman–Crippen LogP) is 2.34. The van der Waals surface area contributed by atoms with Crippen LogP contribution in [0.1, 0.15) is 24.8 Å². The van der Waals surface area contributed by atoms with E-state index in [1.54, 1.807) is 4.90 Å². The third-order valence-corrected chi connectivity index (χ3v) is 2.98. The molecule has 0 aliphatic carbocycles. The van der Waals surface area contributed by atoms with Gasteiger partial charge in [0.15, 0.2) is 0 Å². The Bertz CT molecular complexity index is 413. The lowest BCUT2D eigenvalue weighted by atomic mass is 9.98. The van der Waals surface area contributed by atoms with Crippen LogP contribution in [0.15, 0.2) is 24.3 Å². The van der Waals surface area contributed by atoms with Crippen LogP contribution in [0.5, 0.6) is 0 Å². The summed E-state index contributed by atoms with van der Waals surface area (Å²) in [6.45, 7) is 3.05. The van der Waals surface area contributed by atoms with Crippen molar-refractivity contribution in [1.29, 1.82) is 0 Å². The van der Waals surface area contributed by atoms with Gasteiger partial charge in [0.25, 0.3) is 0 Å². The maximum absolute atomic E-state index is 11.4. The minimum Gasteiger partial charge on any atom is -0.447 e. The monoisotopic (exact) mass is 233 g/mol. The van der Waals surface area contributed by atoms with Crippen molar-refractivity contribution in [3.8, 4) is 0 Å². The number of hydrogen-bond donors (Lipinski definition) is 0. The lowest BCUT2D eigenvalue weighted by molar-refractivity contribution is -0.108. The Labute approximate surface area is 100 Å². The van der Waals surface area contributed by atoms with Crippen molar-refractivity contribution < 1.29 is 14.3 Å². The molecule has 1 fully saturated rings. The molecule has 0 bridgehead atoms. The molecule has 1 aliphatic rings. The van der Waals surface area contributed by atoms with E-state index in [9.17, 15) is 9.59 Å². The van der Waals surface area contributed by atoms with Gasteiger partial charge in [0.2, 0.25) is 0 Å². The second-order valence-corrected chi connectivity index (χ2v) is 4.16. The summed E-state index contributed by atoms with van der Waals surface area (Å²) in [6, 6.07) is 7.69. The molecule has 1 aromatic rings. The lowest BCUT2D eigenvalue weighted by Crippen LogP contribution is -2.23. The molecule has 90 valence electrons. The van der Waals surface area contributed by atoms with E-state index in [1.807, 2.05) is 31.2 Å². The predicted molar refractivity (Wildman–Crippen MR) is 64.2 cm³/mol. The summed E-state index contributed by atoms with van der Waals surface area (Å²) >= 11 is 0. The Kier molecular flexibility index (Phi) is 3.42. The zero-order valence-corrected chi connectivity index (χ0v) is 9.76. The minimum atomic E-state index is -0.293. The van der Waals surface area contributed by atoms with Gasteiger partial charge in [-0.2, -0.15) is 0 Å². The molecule has 1 atom stereocenters. The molecule has 1 aliphatic heterocycles. The van der Waals surface area contributed by atoms with Crippen LogP contribution in [0.3, 0.4) is 0 Å². The number of anilines is 1. The number of aldehydes is 1. The van der Waals surface area contributed by atoms with Gasteiger partial charge in [-0.05, 0) is 23.6 Å². The Morgan fingerprint density at radius 1 is 1.41 bits per heavy atom.